The first-order valence-electron chi connectivity index (χ1n) is 6.50. The lowest BCUT2D eigenvalue weighted by atomic mass is 10.0. The van der Waals surface area contributed by atoms with E-state index in [2.05, 4.69) is 50.2 Å². The number of thiophene rings is 1. The summed E-state index contributed by atoms with van der Waals surface area (Å²) < 4.78 is 13.0. The summed E-state index contributed by atoms with van der Waals surface area (Å²) >= 11 is 8.81. The molecule has 0 aliphatic heterocycles. The molecular weight excluding hydrogens is 418 g/mol. The molecule has 0 saturated heterocycles. The third-order valence-corrected chi connectivity index (χ3v) is 6.43. The highest BCUT2D eigenvalue weighted by molar-refractivity contribution is 9.13. The van der Waals surface area contributed by atoms with E-state index in [1.807, 2.05) is 18.2 Å². The van der Waals surface area contributed by atoms with Gasteiger partial charge in [-0.05, 0) is 62.7 Å². The molecule has 114 valence electrons. The summed E-state index contributed by atoms with van der Waals surface area (Å²) in [6.45, 7) is 2.95. The molecule has 0 amide bonds. The van der Waals surface area contributed by atoms with Crippen LogP contribution >= 0.6 is 43.2 Å². The lowest BCUT2D eigenvalue weighted by Gasteiger charge is -2.20. The summed E-state index contributed by atoms with van der Waals surface area (Å²) in [5.41, 5.74) is 1.07. The van der Waals surface area contributed by atoms with Crippen LogP contribution in [-0.2, 0) is 0 Å². The first-order chi connectivity index (χ1) is 10.1. The van der Waals surface area contributed by atoms with Crippen molar-refractivity contribution in [1.82, 2.24) is 5.32 Å². The van der Waals surface area contributed by atoms with Gasteiger partial charge in [0.25, 0.3) is 0 Å². The molecule has 0 spiro atoms. The minimum Gasteiger partial charge on any atom is -0.497 e. The van der Waals surface area contributed by atoms with Gasteiger partial charge in [-0.15, -0.1) is 11.3 Å². The number of nitrogens with one attached hydrogen (secondary N) is 1. The Morgan fingerprint density at radius 2 is 1.95 bits per heavy atom. The predicted octanol–water partition coefficient (Wildman–Crippen LogP) is 4.99. The molecule has 1 N–H and O–H groups in total. The summed E-state index contributed by atoms with van der Waals surface area (Å²) in [4.78, 5) is 1.21. The van der Waals surface area contributed by atoms with E-state index in [1.54, 1.807) is 25.6 Å². The molecule has 1 atom stereocenters. The molecule has 21 heavy (non-hydrogen) atoms. The fourth-order valence-electron chi connectivity index (χ4n) is 2.14. The van der Waals surface area contributed by atoms with E-state index >= 15 is 0 Å². The predicted molar refractivity (Wildman–Crippen MR) is 94.8 cm³/mol. The van der Waals surface area contributed by atoms with Gasteiger partial charge in [-0.25, -0.2) is 0 Å². The van der Waals surface area contributed by atoms with Gasteiger partial charge in [0.15, 0.2) is 0 Å². The van der Waals surface area contributed by atoms with Crippen molar-refractivity contribution in [2.45, 2.75) is 13.0 Å². The Hall–Kier alpha value is -0.560. The van der Waals surface area contributed by atoms with Crippen LogP contribution in [0.4, 0.5) is 0 Å². The Labute approximate surface area is 145 Å². The Morgan fingerprint density at radius 1 is 1.19 bits per heavy atom. The van der Waals surface area contributed by atoms with Crippen molar-refractivity contribution in [1.29, 1.82) is 0 Å². The van der Waals surface area contributed by atoms with Gasteiger partial charge >= 0.3 is 0 Å². The van der Waals surface area contributed by atoms with Crippen molar-refractivity contribution in [2.75, 3.05) is 20.8 Å². The molecular formula is C15H17Br2NO2S. The first-order valence-corrected chi connectivity index (χ1v) is 8.91. The molecule has 1 aromatic heterocycles. The van der Waals surface area contributed by atoms with Gasteiger partial charge in [-0.1, -0.05) is 6.92 Å². The standard InChI is InChI=1S/C15H17Br2NO2S/c1-4-18-14(13-8-11(16)15(17)21-13)10-7-9(19-2)5-6-12(10)20-3/h5-8,14,18H,4H2,1-3H3. The maximum atomic E-state index is 5.52. The number of halogens is 2. The van der Waals surface area contributed by atoms with Crippen LogP contribution in [0.5, 0.6) is 11.5 Å². The highest BCUT2D eigenvalue weighted by Gasteiger charge is 2.21. The normalized spacial score (nSPS) is 12.2. The van der Waals surface area contributed by atoms with Gasteiger partial charge in [0.05, 0.1) is 24.0 Å². The van der Waals surface area contributed by atoms with E-state index in [9.17, 15) is 0 Å². The van der Waals surface area contributed by atoms with Crippen molar-refractivity contribution < 1.29 is 9.47 Å². The first kappa shape index (κ1) is 16.8. The molecule has 6 heteroatoms. The topological polar surface area (TPSA) is 30.5 Å². The zero-order valence-electron chi connectivity index (χ0n) is 12.1. The van der Waals surface area contributed by atoms with E-state index in [1.165, 1.54) is 4.88 Å². The minimum atomic E-state index is 0.0626. The molecule has 2 aromatic rings. The van der Waals surface area contributed by atoms with Gasteiger partial charge in [0, 0.05) is 14.9 Å². The van der Waals surface area contributed by atoms with Gasteiger partial charge in [0.2, 0.25) is 0 Å². The van der Waals surface area contributed by atoms with Crippen molar-refractivity contribution in [3.05, 3.63) is 43.0 Å². The van der Waals surface area contributed by atoms with Crippen molar-refractivity contribution >= 4 is 43.2 Å². The van der Waals surface area contributed by atoms with E-state index in [4.69, 9.17) is 9.47 Å². The van der Waals surface area contributed by atoms with E-state index in [0.717, 1.165) is 31.9 Å². The molecule has 0 aliphatic rings. The largest absolute Gasteiger partial charge is 0.497 e. The third-order valence-electron chi connectivity index (χ3n) is 3.10. The van der Waals surface area contributed by atoms with Crippen molar-refractivity contribution in [2.24, 2.45) is 0 Å². The Bertz CT molecular complexity index is 596. The van der Waals surface area contributed by atoms with Crippen LogP contribution < -0.4 is 14.8 Å². The molecule has 0 aliphatic carbocycles. The molecule has 0 saturated carbocycles. The molecule has 3 nitrogen and oxygen atoms in total. The van der Waals surface area contributed by atoms with Crippen molar-refractivity contribution in [3.63, 3.8) is 0 Å². The zero-order chi connectivity index (χ0) is 15.4. The molecule has 0 radical (unpaired) electrons. The lowest BCUT2D eigenvalue weighted by molar-refractivity contribution is 0.394. The van der Waals surface area contributed by atoms with Crippen LogP contribution in [0.1, 0.15) is 23.4 Å². The Morgan fingerprint density at radius 3 is 2.48 bits per heavy atom. The molecule has 1 unspecified atom stereocenters. The summed E-state index contributed by atoms with van der Waals surface area (Å²) in [7, 11) is 3.36. The second-order valence-electron chi connectivity index (χ2n) is 4.37. The average molecular weight is 435 g/mol. The zero-order valence-corrected chi connectivity index (χ0v) is 16.1. The van der Waals surface area contributed by atoms with Gasteiger partial charge in [-0.2, -0.15) is 0 Å². The highest BCUT2D eigenvalue weighted by atomic mass is 79.9. The van der Waals surface area contributed by atoms with E-state index in [0.29, 0.717) is 0 Å². The molecule has 1 heterocycles. The van der Waals surface area contributed by atoms with Crippen LogP contribution in [0.3, 0.4) is 0 Å². The smallest absolute Gasteiger partial charge is 0.124 e. The van der Waals surface area contributed by atoms with Crippen LogP contribution in [0.15, 0.2) is 32.5 Å². The number of rotatable bonds is 6. The summed E-state index contributed by atoms with van der Waals surface area (Å²) in [5.74, 6) is 1.67. The Balaban J connectivity index is 2.51. The molecule has 0 fully saturated rings. The maximum Gasteiger partial charge on any atom is 0.124 e. The summed E-state index contributed by atoms with van der Waals surface area (Å²) in [6, 6.07) is 8.06. The maximum absolute atomic E-state index is 5.52. The number of hydrogen-bond acceptors (Lipinski definition) is 4. The third kappa shape index (κ3) is 3.80. The van der Waals surface area contributed by atoms with Crippen LogP contribution in [0, 0.1) is 0 Å². The summed E-state index contributed by atoms with van der Waals surface area (Å²) in [6.07, 6.45) is 0. The highest BCUT2D eigenvalue weighted by Crippen LogP contribution is 2.40. The average Bonchev–Trinajstić information content (AvgIpc) is 2.83. The fraction of sp³-hybridized carbons (Fsp3) is 0.333. The number of benzene rings is 1. The van der Waals surface area contributed by atoms with Crippen LogP contribution in [0.2, 0.25) is 0 Å². The second kappa shape index (κ2) is 7.63. The molecule has 1 aromatic carbocycles. The lowest BCUT2D eigenvalue weighted by Crippen LogP contribution is -2.21. The number of ether oxygens (including phenoxy) is 2. The fourth-order valence-corrected chi connectivity index (χ4v) is 4.32. The minimum absolute atomic E-state index is 0.0626. The van der Waals surface area contributed by atoms with Gasteiger partial charge in [0.1, 0.15) is 11.5 Å². The van der Waals surface area contributed by atoms with Crippen molar-refractivity contribution in [3.8, 4) is 11.5 Å². The monoisotopic (exact) mass is 433 g/mol. The summed E-state index contributed by atoms with van der Waals surface area (Å²) in [5, 5.41) is 3.51. The van der Waals surface area contributed by atoms with E-state index < -0.39 is 0 Å². The van der Waals surface area contributed by atoms with Gasteiger partial charge < -0.3 is 14.8 Å². The van der Waals surface area contributed by atoms with Crippen LogP contribution in [-0.4, -0.2) is 20.8 Å². The van der Waals surface area contributed by atoms with E-state index in [-0.39, 0.29) is 6.04 Å². The number of hydrogen-bond donors (Lipinski definition) is 1. The second-order valence-corrected chi connectivity index (χ2v) is 7.62. The van der Waals surface area contributed by atoms with Gasteiger partial charge in [-0.3, -0.25) is 0 Å². The molecule has 0 bridgehead atoms. The Kier molecular flexibility index (Phi) is 6.10. The number of methoxy groups -OCH3 is 2. The van der Waals surface area contributed by atoms with Crippen LogP contribution in [0.25, 0.3) is 0 Å². The SMILES string of the molecule is CCNC(c1cc(Br)c(Br)s1)c1cc(OC)ccc1OC. The molecule has 2 rings (SSSR count). The quantitative estimate of drug-likeness (QED) is 0.694.